The zero-order valence-corrected chi connectivity index (χ0v) is 39.4. The number of benzene rings is 3. The van der Waals surface area contributed by atoms with E-state index in [0.29, 0.717) is 74.3 Å². The monoisotopic (exact) mass is 948 g/mol. The Kier molecular flexibility index (Phi) is 12.0. The molecular weight excluding hydrogens is 895 g/mol. The first-order valence-electron chi connectivity index (χ1n) is 23.9. The van der Waals surface area contributed by atoms with Gasteiger partial charge in [0.25, 0.3) is 5.91 Å². The first kappa shape index (κ1) is 45.5. The predicted octanol–water partition coefficient (Wildman–Crippen LogP) is 7.19. The molecule has 2 aliphatic carbocycles. The highest BCUT2D eigenvalue weighted by Gasteiger charge is 2.75. The number of amides is 6. The predicted molar refractivity (Wildman–Crippen MR) is 250 cm³/mol. The summed E-state index contributed by atoms with van der Waals surface area (Å²) < 4.78 is 16.6. The van der Waals surface area contributed by atoms with Crippen LogP contribution in [-0.4, -0.2) is 106 Å². The third-order valence-electron chi connectivity index (χ3n) is 16.6. The van der Waals surface area contributed by atoms with Gasteiger partial charge in [-0.1, -0.05) is 78.6 Å². The fourth-order valence-corrected chi connectivity index (χ4v) is 13.6. The number of imide groups is 1. The minimum absolute atomic E-state index is 0.0651. The van der Waals surface area contributed by atoms with Gasteiger partial charge in [-0.15, -0.1) is 0 Å². The number of carbonyl (C=O) groups is 6. The van der Waals surface area contributed by atoms with Crippen molar-refractivity contribution in [2.75, 3.05) is 32.5 Å². The second-order valence-corrected chi connectivity index (χ2v) is 20.6. The molecule has 67 heavy (non-hydrogen) atoms. The van der Waals surface area contributed by atoms with Gasteiger partial charge in [0.15, 0.2) is 0 Å². The molecule has 3 aromatic rings. The van der Waals surface area contributed by atoms with Gasteiger partial charge in [-0.05, 0) is 112 Å². The quantitative estimate of drug-likeness (QED) is 0.204. The van der Waals surface area contributed by atoms with Crippen molar-refractivity contribution in [2.24, 2.45) is 11.8 Å². The maximum atomic E-state index is 16.6. The Hall–Kier alpha value is -5.29. The van der Waals surface area contributed by atoms with Crippen LogP contribution in [0.5, 0.6) is 0 Å². The van der Waals surface area contributed by atoms with Crippen LogP contribution in [0.3, 0.4) is 0 Å². The third kappa shape index (κ3) is 7.35. The molecule has 5 heterocycles. The highest BCUT2D eigenvalue weighted by Crippen LogP contribution is 2.66. The second-order valence-electron chi connectivity index (χ2n) is 19.8. The molecule has 12 nitrogen and oxygen atoms in total. The first-order chi connectivity index (χ1) is 32.2. The Morgan fingerprint density at radius 1 is 0.881 bits per heavy atom. The van der Waals surface area contributed by atoms with E-state index < -0.39 is 40.7 Å². The highest BCUT2D eigenvalue weighted by atomic mass is 35.5. The Balaban J connectivity index is 0.813. The standard InChI is InChI=1S/C52H55Cl2FN6O6/c1-58(49(66)45-43(36-10-7-11-39(54)44(36)55)52(51(59(45)2)24-4-3-5-25-51)38-19-16-33(53)28-40(38)56-50(52)67)34-17-14-32(15-18-34)47(64)60-26-22-30(23-27-60)12-13-31-8-6-9-35-37(31)29-61(48(35)65)41-20-21-42(62)57-46(41)63/h6-11,16,19,28,30,32,34,41,43,45H,3-5,14-15,17-18,20-27,29H2,1-2H3,(H,56,67)(H,57,62,63)/t32-,34-,41?,43-,45+,52+/m0/s1. The van der Waals surface area contributed by atoms with Crippen molar-refractivity contribution in [2.45, 2.75) is 125 Å². The average Bonchev–Trinajstić information content (AvgIpc) is 3.90. The number of hydrogen-bond donors (Lipinski definition) is 2. The van der Waals surface area contributed by atoms with E-state index in [1.165, 1.54) is 11.0 Å². The Morgan fingerprint density at radius 2 is 1.61 bits per heavy atom. The summed E-state index contributed by atoms with van der Waals surface area (Å²) in [5.41, 5.74) is 1.53. The van der Waals surface area contributed by atoms with E-state index in [1.807, 2.05) is 31.1 Å². The summed E-state index contributed by atoms with van der Waals surface area (Å²) in [7, 11) is 3.75. The van der Waals surface area contributed by atoms with Gasteiger partial charge in [-0.2, -0.15) is 0 Å². The van der Waals surface area contributed by atoms with Crippen LogP contribution < -0.4 is 10.6 Å². The lowest BCUT2D eigenvalue weighted by molar-refractivity contribution is -0.141. The number of carbonyl (C=O) groups excluding carboxylic acids is 6. The van der Waals surface area contributed by atoms with Gasteiger partial charge in [-0.25, -0.2) is 4.39 Å². The lowest BCUT2D eigenvalue weighted by Gasteiger charge is -2.50. The molecule has 0 aromatic heterocycles. The Morgan fingerprint density at radius 3 is 2.34 bits per heavy atom. The summed E-state index contributed by atoms with van der Waals surface area (Å²) in [6.07, 6.45) is 8.51. The molecule has 0 bridgehead atoms. The van der Waals surface area contributed by atoms with Crippen molar-refractivity contribution in [1.82, 2.24) is 24.9 Å². The molecule has 0 radical (unpaired) electrons. The first-order valence-corrected chi connectivity index (χ1v) is 24.6. The van der Waals surface area contributed by atoms with Crippen molar-refractivity contribution in [1.29, 1.82) is 0 Å². The molecule has 7 aliphatic rings. The normalized spacial score (nSPS) is 28.2. The summed E-state index contributed by atoms with van der Waals surface area (Å²) in [5.74, 6) is 3.80. The van der Waals surface area contributed by atoms with Gasteiger partial charge in [0.1, 0.15) is 17.3 Å². The van der Waals surface area contributed by atoms with E-state index >= 15 is 9.18 Å². The van der Waals surface area contributed by atoms with Gasteiger partial charge >= 0.3 is 0 Å². The van der Waals surface area contributed by atoms with Gasteiger partial charge < -0.3 is 20.0 Å². The lowest BCUT2D eigenvalue weighted by Crippen LogP contribution is -2.60. The summed E-state index contributed by atoms with van der Waals surface area (Å²) in [6, 6.07) is 14.0. The summed E-state index contributed by atoms with van der Waals surface area (Å²) in [6.45, 7) is 1.44. The molecule has 350 valence electrons. The van der Waals surface area contributed by atoms with Crippen LogP contribution >= 0.6 is 23.2 Å². The van der Waals surface area contributed by atoms with E-state index in [-0.39, 0.29) is 71.0 Å². The van der Waals surface area contributed by atoms with Crippen molar-refractivity contribution < 1.29 is 33.2 Å². The number of halogens is 3. The largest absolute Gasteiger partial charge is 0.342 e. The number of likely N-dealkylation sites (tertiary alicyclic amines) is 2. The lowest BCUT2D eigenvalue weighted by atomic mass is 9.55. The van der Waals surface area contributed by atoms with Crippen LogP contribution in [0.25, 0.3) is 0 Å². The fourth-order valence-electron chi connectivity index (χ4n) is 13.2. The molecule has 3 aromatic carbocycles. The van der Waals surface area contributed by atoms with Crippen LogP contribution in [0.1, 0.15) is 122 Å². The molecule has 3 saturated heterocycles. The maximum absolute atomic E-state index is 16.6. The van der Waals surface area contributed by atoms with Crippen molar-refractivity contribution in [3.8, 4) is 11.8 Å². The van der Waals surface area contributed by atoms with Crippen LogP contribution in [-0.2, 0) is 35.9 Å². The summed E-state index contributed by atoms with van der Waals surface area (Å²) in [4.78, 5) is 89.3. The number of anilines is 1. The molecule has 2 saturated carbocycles. The van der Waals surface area contributed by atoms with Crippen molar-refractivity contribution in [3.05, 3.63) is 98.3 Å². The molecule has 4 atom stereocenters. The molecular formula is C52H55Cl2FN6O6. The number of nitrogens with one attached hydrogen (secondary N) is 2. The minimum atomic E-state index is -1.30. The average molecular weight is 950 g/mol. The summed E-state index contributed by atoms with van der Waals surface area (Å²) in [5, 5.41) is 5.88. The van der Waals surface area contributed by atoms with Crippen LogP contribution in [0.4, 0.5) is 10.1 Å². The number of fused-ring (bicyclic) bond motifs is 4. The molecule has 5 aliphatic heterocycles. The number of likely N-dealkylation sites (N-methyl/N-ethyl adjacent to an activating group) is 2. The van der Waals surface area contributed by atoms with E-state index in [2.05, 4.69) is 27.4 Å². The number of rotatable bonds is 5. The molecule has 2 spiro atoms. The number of hydrogen-bond acceptors (Lipinski definition) is 7. The zero-order chi connectivity index (χ0) is 46.9. The molecule has 5 fully saturated rings. The molecule has 10 rings (SSSR count). The molecule has 1 unspecified atom stereocenters. The van der Waals surface area contributed by atoms with Crippen LogP contribution in [0, 0.1) is 29.5 Å². The molecule has 6 amide bonds. The van der Waals surface area contributed by atoms with Gasteiger partial charge in [0.2, 0.25) is 29.5 Å². The zero-order valence-electron chi connectivity index (χ0n) is 37.8. The Bertz CT molecular complexity index is 2640. The molecule has 15 heteroatoms. The molecule has 2 N–H and O–H groups in total. The van der Waals surface area contributed by atoms with E-state index in [9.17, 15) is 24.0 Å². The fraction of sp³-hybridized carbons (Fsp3) is 0.500. The SMILES string of the molecule is CN1[C@@H](C(=O)N(C)[C@H]2CC[C@H](C(=O)N3CCC(C#Cc4cccc5c4CN(C4CCC(=O)NC4=O)C5=O)CC3)CC2)[C@H](c2cccc(Cl)c2F)[C@]2(C(=O)Nc3cc(Cl)ccc32)C12CCCCC2. The van der Waals surface area contributed by atoms with E-state index in [4.69, 9.17) is 23.2 Å². The van der Waals surface area contributed by atoms with E-state index in [0.717, 1.165) is 48.8 Å². The van der Waals surface area contributed by atoms with Crippen LogP contribution in [0.15, 0.2) is 54.6 Å². The topological polar surface area (TPSA) is 139 Å². The van der Waals surface area contributed by atoms with Crippen LogP contribution in [0.2, 0.25) is 10.0 Å². The third-order valence-corrected chi connectivity index (χ3v) is 17.1. The second kappa shape index (κ2) is 17.7. The maximum Gasteiger partial charge on any atom is 0.255 e. The summed E-state index contributed by atoms with van der Waals surface area (Å²) >= 11 is 13.0. The van der Waals surface area contributed by atoms with Crippen molar-refractivity contribution in [3.63, 3.8) is 0 Å². The van der Waals surface area contributed by atoms with Crippen molar-refractivity contribution >= 4 is 64.3 Å². The number of nitrogens with zero attached hydrogens (tertiary/aromatic N) is 4. The van der Waals surface area contributed by atoms with Gasteiger partial charge in [-0.3, -0.25) is 39.0 Å². The minimum Gasteiger partial charge on any atom is -0.342 e. The van der Waals surface area contributed by atoms with Gasteiger partial charge in [0.05, 0.1) is 11.1 Å². The smallest absolute Gasteiger partial charge is 0.255 e. The number of piperidine rings is 2. The van der Waals surface area contributed by atoms with Gasteiger partial charge in [0, 0.05) is 84.3 Å². The van der Waals surface area contributed by atoms with E-state index in [1.54, 1.807) is 41.3 Å². The highest BCUT2D eigenvalue weighted by molar-refractivity contribution is 6.31. The Labute approximate surface area is 400 Å².